The topological polar surface area (TPSA) is 24.4 Å². The van der Waals surface area contributed by atoms with E-state index in [0.29, 0.717) is 0 Å². The Bertz CT molecular complexity index is 156. The van der Waals surface area contributed by atoms with E-state index >= 15 is 0 Å². The van der Waals surface area contributed by atoms with Crippen LogP contribution in [0.4, 0.5) is 8.78 Å². The Balaban J connectivity index is 2.69. The zero-order chi connectivity index (χ0) is 6.85. The van der Waals surface area contributed by atoms with Crippen molar-refractivity contribution in [2.45, 2.75) is 13.2 Å². The van der Waals surface area contributed by atoms with Gasteiger partial charge in [-0.15, -0.1) is 0 Å². The lowest BCUT2D eigenvalue weighted by molar-refractivity contribution is 0.395. The minimum atomic E-state index is -1.52. The van der Waals surface area contributed by atoms with Crippen LogP contribution in [0.3, 0.4) is 0 Å². The highest BCUT2D eigenvalue weighted by Gasteiger charge is 2.09. The van der Waals surface area contributed by atoms with E-state index in [1.807, 2.05) is 0 Å². The van der Waals surface area contributed by atoms with Gasteiger partial charge in [-0.2, -0.15) is 4.39 Å². The smallest absolute Gasteiger partial charge is 0.214 e. The van der Waals surface area contributed by atoms with Gasteiger partial charge in [0.25, 0.3) is 0 Å². The second-order valence-corrected chi connectivity index (χ2v) is 1.73. The number of hydrogen-bond donors (Lipinski definition) is 1. The lowest BCUT2D eigenvalue weighted by Gasteiger charge is -2.08. The summed E-state index contributed by atoms with van der Waals surface area (Å²) in [7, 11) is 0. The third-order valence-electron chi connectivity index (χ3n) is 0.901. The highest BCUT2D eigenvalue weighted by Crippen LogP contribution is 2.05. The largest absolute Gasteiger partial charge is 0.321 e. The SMILES string of the molecule is CC1=NC(F)C=C(F)N1. The molecule has 0 aromatic carbocycles. The van der Waals surface area contributed by atoms with Gasteiger partial charge >= 0.3 is 0 Å². The molecule has 0 aliphatic carbocycles. The number of nitrogens with zero attached hydrogens (tertiary/aromatic N) is 1. The molecule has 1 unspecified atom stereocenters. The maximum absolute atomic E-state index is 12.1. The average Bonchev–Trinajstić information content (AvgIpc) is 1.59. The lowest BCUT2D eigenvalue weighted by Crippen LogP contribution is -2.23. The first-order valence-corrected chi connectivity index (χ1v) is 2.51. The Morgan fingerprint density at radius 1 is 1.78 bits per heavy atom. The molecule has 1 aliphatic heterocycles. The third kappa shape index (κ3) is 1.48. The molecular weight excluding hydrogens is 126 g/mol. The van der Waals surface area contributed by atoms with Gasteiger partial charge in [0.2, 0.25) is 6.30 Å². The van der Waals surface area contributed by atoms with Crippen molar-refractivity contribution in [3.05, 3.63) is 12.0 Å². The number of rotatable bonds is 0. The number of aliphatic imine (C=N–C) groups is 1. The van der Waals surface area contributed by atoms with Crippen molar-refractivity contribution in [1.82, 2.24) is 5.32 Å². The molecule has 0 aromatic rings. The van der Waals surface area contributed by atoms with Gasteiger partial charge in [0.05, 0.1) is 0 Å². The quantitative estimate of drug-likeness (QED) is 0.490. The normalized spacial score (nSPS) is 26.3. The summed E-state index contributed by atoms with van der Waals surface area (Å²) in [5.41, 5.74) is 0. The molecule has 9 heavy (non-hydrogen) atoms. The molecule has 1 N–H and O–H groups in total. The standard InChI is InChI=1S/C5H6F2N2/c1-3-8-4(6)2-5(7)9-3/h2,4H,1H3,(H,8,9). The summed E-state index contributed by atoms with van der Waals surface area (Å²) in [4.78, 5) is 3.36. The Labute approximate surface area is 51.3 Å². The predicted octanol–water partition coefficient (Wildman–Crippen LogP) is 1.11. The Hall–Kier alpha value is -0.930. The third-order valence-corrected chi connectivity index (χ3v) is 0.901. The Morgan fingerprint density at radius 2 is 2.44 bits per heavy atom. The van der Waals surface area contributed by atoms with Gasteiger partial charge in [0.15, 0.2) is 5.95 Å². The molecule has 0 fully saturated rings. The van der Waals surface area contributed by atoms with Crippen LogP contribution in [0.15, 0.2) is 17.0 Å². The second-order valence-electron chi connectivity index (χ2n) is 1.73. The number of nitrogens with one attached hydrogen (secondary N) is 1. The van der Waals surface area contributed by atoms with Crippen LogP contribution in [-0.2, 0) is 0 Å². The van der Waals surface area contributed by atoms with E-state index < -0.39 is 12.2 Å². The molecule has 1 heterocycles. The van der Waals surface area contributed by atoms with Crippen LogP contribution in [0.25, 0.3) is 0 Å². The van der Waals surface area contributed by atoms with Crippen molar-refractivity contribution >= 4 is 5.84 Å². The van der Waals surface area contributed by atoms with Crippen LogP contribution in [0.1, 0.15) is 6.92 Å². The molecule has 0 spiro atoms. The summed E-state index contributed by atoms with van der Waals surface area (Å²) in [5, 5.41) is 2.21. The second kappa shape index (κ2) is 2.13. The first-order valence-electron chi connectivity index (χ1n) is 2.51. The van der Waals surface area contributed by atoms with E-state index in [0.717, 1.165) is 6.08 Å². The van der Waals surface area contributed by atoms with Gasteiger partial charge in [-0.1, -0.05) is 0 Å². The Morgan fingerprint density at radius 3 is 2.89 bits per heavy atom. The fraction of sp³-hybridized carbons (Fsp3) is 0.400. The molecule has 0 saturated carbocycles. The van der Waals surface area contributed by atoms with Crippen LogP contribution in [-0.4, -0.2) is 12.1 Å². The molecule has 2 nitrogen and oxygen atoms in total. The summed E-state index contributed by atoms with van der Waals surface area (Å²) in [6.45, 7) is 1.50. The van der Waals surface area contributed by atoms with Crippen molar-refractivity contribution in [2.24, 2.45) is 4.99 Å². The number of halogens is 2. The summed E-state index contributed by atoms with van der Waals surface area (Å²) in [5.74, 6) is -0.405. The van der Waals surface area contributed by atoms with Gasteiger partial charge in [0.1, 0.15) is 5.84 Å². The fourth-order valence-corrected chi connectivity index (χ4v) is 0.590. The first kappa shape index (κ1) is 6.19. The zero-order valence-corrected chi connectivity index (χ0v) is 4.86. The van der Waals surface area contributed by atoms with E-state index in [4.69, 9.17) is 0 Å². The van der Waals surface area contributed by atoms with Crippen LogP contribution in [0, 0.1) is 0 Å². The first-order chi connectivity index (χ1) is 4.18. The van der Waals surface area contributed by atoms with E-state index in [-0.39, 0.29) is 5.84 Å². The molecule has 0 aromatic heterocycles. The number of alkyl halides is 1. The maximum atomic E-state index is 12.1. The molecule has 0 radical (unpaired) electrons. The summed E-state index contributed by atoms with van der Waals surface area (Å²) < 4.78 is 24.3. The van der Waals surface area contributed by atoms with E-state index in [9.17, 15) is 8.78 Å². The highest BCUT2D eigenvalue weighted by atomic mass is 19.1. The van der Waals surface area contributed by atoms with Crippen LogP contribution in [0.2, 0.25) is 0 Å². The maximum Gasteiger partial charge on any atom is 0.214 e. The fourth-order valence-electron chi connectivity index (χ4n) is 0.590. The van der Waals surface area contributed by atoms with Gasteiger partial charge in [0, 0.05) is 6.08 Å². The monoisotopic (exact) mass is 132 g/mol. The number of amidine groups is 1. The number of hydrogen-bond acceptors (Lipinski definition) is 2. The molecule has 4 heteroatoms. The van der Waals surface area contributed by atoms with Crippen molar-refractivity contribution in [1.29, 1.82) is 0 Å². The van der Waals surface area contributed by atoms with Crippen molar-refractivity contribution < 1.29 is 8.78 Å². The summed E-state index contributed by atoms with van der Waals surface area (Å²) >= 11 is 0. The van der Waals surface area contributed by atoms with Gasteiger partial charge in [-0.3, -0.25) is 0 Å². The molecule has 1 rings (SSSR count). The van der Waals surface area contributed by atoms with E-state index in [1.54, 1.807) is 0 Å². The molecule has 0 bridgehead atoms. The molecule has 0 amide bonds. The molecule has 0 saturated heterocycles. The van der Waals surface area contributed by atoms with Crippen LogP contribution in [0.5, 0.6) is 0 Å². The molecule has 1 atom stereocenters. The van der Waals surface area contributed by atoms with Crippen molar-refractivity contribution in [3.8, 4) is 0 Å². The van der Waals surface area contributed by atoms with Gasteiger partial charge < -0.3 is 5.32 Å². The van der Waals surface area contributed by atoms with Crippen LogP contribution >= 0.6 is 0 Å². The lowest BCUT2D eigenvalue weighted by atomic mass is 10.4. The highest BCUT2D eigenvalue weighted by molar-refractivity contribution is 5.81. The minimum absolute atomic E-state index is 0.266. The molecule has 1 aliphatic rings. The minimum Gasteiger partial charge on any atom is -0.321 e. The van der Waals surface area contributed by atoms with E-state index in [2.05, 4.69) is 10.3 Å². The zero-order valence-electron chi connectivity index (χ0n) is 4.86. The predicted molar refractivity (Wildman–Crippen MR) is 30.3 cm³/mol. The van der Waals surface area contributed by atoms with Crippen molar-refractivity contribution in [2.75, 3.05) is 0 Å². The van der Waals surface area contributed by atoms with E-state index in [1.165, 1.54) is 6.92 Å². The van der Waals surface area contributed by atoms with Crippen molar-refractivity contribution in [3.63, 3.8) is 0 Å². The Kier molecular flexibility index (Phi) is 1.46. The van der Waals surface area contributed by atoms with Gasteiger partial charge in [-0.25, -0.2) is 9.38 Å². The average molecular weight is 132 g/mol. The van der Waals surface area contributed by atoms with Crippen LogP contribution < -0.4 is 5.32 Å². The molecule has 50 valence electrons. The summed E-state index contributed by atoms with van der Waals surface area (Å²) in [6, 6.07) is 0. The summed E-state index contributed by atoms with van der Waals surface area (Å²) in [6.07, 6.45) is -0.751. The molecular formula is C5H6F2N2. The van der Waals surface area contributed by atoms with Gasteiger partial charge in [-0.05, 0) is 6.92 Å².